The molecule has 1 rings (SSSR count). The molecule has 1 aliphatic carbocycles. The van der Waals surface area contributed by atoms with Crippen molar-refractivity contribution in [3.63, 3.8) is 0 Å². The number of carbonyl (C=O) groups is 1. The van der Waals surface area contributed by atoms with Gasteiger partial charge in [0.2, 0.25) is 0 Å². The lowest BCUT2D eigenvalue weighted by Crippen LogP contribution is -2.29. The minimum absolute atomic E-state index is 0.160. The fraction of sp³-hybridized carbons (Fsp3) is 0.769. The molecular formula is C13H20Br2O3. The number of alkyl halides is 2. The summed E-state index contributed by atoms with van der Waals surface area (Å²) in [4.78, 5) is 11.5. The highest BCUT2D eigenvalue weighted by molar-refractivity contribution is 9.10. The maximum Gasteiger partial charge on any atom is 0.319 e. The van der Waals surface area contributed by atoms with E-state index in [1.165, 1.54) is 0 Å². The van der Waals surface area contributed by atoms with E-state index in [1.54, 1.807) is 0 Å². The SMILES string of the molecule is CCOC1=CCCC1(C)COC(=O)C(Br)CCBr. The van der Waals surface area contributed by atoms with Crippen molar-refractivity contribution in [2.75, 3.05) is 18.5 Å². The zero-order valence-electron chi connectivity index (χ0n) is 10.9. The van der Waals surface area contributed by atoms with Crippen LogP contribution in [0.15, 0.2) is 11.8 Å². The van der Waals surface area contributed by atoms with Crippen LogP contribution in [0.3, 0.4) is 0 Å². The van der Waals surface area contributed by atoms with Gasteiger partial charge in [0.15, 0.2) is 0 Å². The zero-order valence-corrected chi connectivity index (χ0v) is 14.1. The molecule has 3 nitrogen and oxygen atoms in total. The summed E-state index contributed by atoms with van der Waals surface area (Å²) in [5, 5.41) is 0.777. The number of esters is 1. The molecule has 0 N–H and O–H groups in total. The van der Waals surface area contributed by atoms with Gasteiger partial charge in [-0.2, -0.15) is 0 Å². The predicted molar refractivity (Wildman–Crippen MR) is 79.1 cm³/mol. The van der Waals surface area contributed by atoms with Crippen LogP contribution in [0.2, 0.25) is 0 Å². The Balaban J connectivity index is 2.47. The van der Waals surface area contributed by atoms with Gasteiger partial charge in [0, 0.05) is 5.33 Å². The fourth-order valence-corrected chi connectivity index (χ4v) is 3.39. The molecule has 0 aromatic carbocycles. The summed E-state index contributed by atoms with van der Waals surface area (Å²) in [6, 6.07) is 0. The molecule has 0 aliphatic heterocycles. The van der Waals surface area contributed by atoms with E-state index in [0.29, 0.717) is 13.2 Å². The van der Waals surface area contributed by atoms with Gasteiger partial charge in [-0.05, 0) is 39.2 Å². The Morgan fingerprint density at radius 1 is 1.61 bits per heavy atom. The molecule has 0 heterocycles. The Morgan fingerprint density at radius 2 is 2.33 bits per heavy atom. The van der Waals surface area contributed by atoms with Crippen LogP contribution in [0.25, 0.3) is 0 Å². The third-order valence-electron chi connectivity index (χ3n) is 3.07. The molecule has 2 unspecified atom stereocenters. The van der Waals surface area contributed by atoms with Crippen molar-refractivity contribution in [1.82, 2.24) is 0 Å². The molecule has 0 saturated carbocycles. The molecule has 0 aromatic heterocycles. The summed E-state index contributed by atoms with van der Waals surface area (Å²) in [5.41, 5.74) is -0.160. The summed E-state index contributed by atoms with van der Waals surface area (Å²) >= 11 is 6.64. The molecule has 1 aliphatic rings. The lowest BCUT2D eigenvalue weighted by atomic mass is 9.89. The van der Waals surface area contributed by atoms with E-state index in [1.807, 2.05) is 6.92 Å². The van der Waals surface area contributed by atoms with E-state index in [9.17, 15) is 4.79 Å². The summed E-state index contributed by atoms with van der Waals surface area (Å²) in [6.07, 6.45) is 4.79. The zero-order chi connectivity index (χ0) is 13.6. The normalized spacial score (nSPS) is 24.6. The van der Waals surface area contributed by atoms with E-state index in [2.05, 4.69) is 44.9 Å². The maximum atomic E-state index is 11.7. The number of carbonyl (C=O) groups excluding carboxylic acids is 1. The van der Waals surface area contributed by atoms with Gasteiger partial charge in [-0.15, -0.1) is 0 Å². The van der Waals surface area contributed by atoms with Gasteiger partial charge in [0.1, 0.15) is 17.2 Å². The molecule has 0 radical (unpaired) electrons. The predicted octanol–water partition coefficient (Wildman–Crippen LogP) is 3.80. The summed E-state index contributed by atoms with van der Waals surface area (Å²) in [5.74, 6) is 0.767. The summed E-state index contributed by atoms with van der Waals surface area (Å²) in [7, 11) is 0. The van der Waals surface area contributed by atoms with Crippen LogP contribution in [0.1, 0.15) is 33.1 Å². The van der Waals surface area contributed by atoms with Gasteiger partial charge in [-0.3, -0.25) is 4.79 Å². The first-order valence-electron chi connectivity index (χ1n) is 6.23. The van der Waals surface area contributed by atoms with Crippen molar-refractivity contribution in [2.24, 2.45) is 5.41 Å². The first-order chi connectivity index (χ1) is 8.53. The number of ether oxygens (including phenoxy) is 2. The molecule has 0 aromatic rings. The first kappa shape index (κ1) is 16.0. The highest BCUT2D eigenvalue weighted by Crippen LogP contribution is 2.39. The number of hydrogen-bond donors (Lipinski definition) is 0. The van der Waals surface area contributed by atoms with Crippen LogP contribution < -0.4 is 0 Å². The monoisotopic (exact) mass is 382 g/mol. The van der Waals surface area contributed by atoms with Crippen molar-refractivity contribution < 1.29 is 14.3 Å². The van der Waals surface area contributed by atoms with Gasteiger partial charge in [0.05, 0.1) is 12.0 Å². The van der Waals surface area contributed by atoms with Gasteiger partial charge in [-0.25, -0.2) is 0 Å². The van der Waals surface area contributed by atoms with Crippen LogP contribution in [-0.2, 0) is 14.3 Å². The lowest BCUT2D eigenvalue weighted by Gasteiger charge is -2.27. The lowest BCUT2D eigenvalue weighted by molar-refractivity contribution is -0.146. The highest BCUT2D eigenvalue weighted by atomic mass is 79.9. The molecule has 0 saturated heterocycles. The van der Waals surface area contributed by atoms with Crippen LogP contribution in [-0.4, -0.2) is 29.3 Å². The molecule has 2 atom stereocenters. The van der Waals surface area contributed by atoms with Gasteiger partial charge in [0.25, 0.3) is 0 Å². The minimum Gasteiger partial charge on any atom is -0.498 e. The highest BCUT2D eigenvalue weighted by Gasteiger charge is 2.36. The number of rotatable bonds is 7. The summed E-state index contributed by atoms with van der Waals surface area (Å²) < 4.78 is 11.0. The second kappa shape index (κ2) is 7.53. The molecule has 18 heavy (non-hydrogen) atoms. The largest absolute Gasteiger partial charge is 0.498 e. The van der Waals surface area contributed by atoms with Crippen molar-refractivity contribution in [3.05, 3.63) is 11.8 Å². The third kappa shape index (κ3) is 4.26. The van der Waals surface area contributed by atoms with Crippen LogP contribution in [0.4, 0.5) is 0 Å². The Hall–Kier alpha value is -0.0300. The maximum absolute atomic E-state index is 11.7. The molecule has 0 bridgehead atoms. The molecule has 0 spiro atoms. The van der Waals surface area contributed by atoms with Crippen LogP contribution in [0.5, 0.6) is 0 Å². The van der Waals surface area contributed by atoms with Crippen molar-refractivity contribution in [1.29, 1.82) is 0 Å². The molecule has 5 heteroatoms. The first-order valence-corrected chi connectivity index (χ1v) is 8.27. The van der Waals surface area contributed by atoms with E-state index < -0.39 is 0 Å². The van der Waals surface area contributed by atoms with E-state index in [0.717, 1.165) is 30.4 Å². The Kier molecular flexibility index (Phi) is 6.71. The van der Waals surface area contributed by atoms with Crippen LogP contribution >= 0.6 is 31.9 Å². The Bertz CT molecular complexity index is 317. The molecule has 104 valence electrons. The minimum atomic E-state index is -0.235. The van der Waals surface area contributed by atoms with Crippen LogP contribution in [0, 0.1) is 5.41 Å². The quantitative estimate of drug-likeness (QED) is 0.495. The molecular weight excluding hydrogens is 364 g/mol. The average Bonchev–Trinajstić information content (AvgIpc) is 2.69. The third-order valence-corrected chi connectivity index (χ3v) is 4.36. The van der Waals surface area contributed by atoms with E-state index >= 15 is 0 Å². The fourth-order valence-electron chi connectivity index (χ4n) is 1.96. The van der Waals surface area contributed by atoms with Gasteiger partial charge in [-0.1, -0.05) is 31.9 Å². The number of hydrogen-bond acceptors (Lipinski definition) is 3. The number of halogens is 2. The Morgan fingerprint density at radius 3 is 2.94 bits per heavy atom. The van der Waals surface area contributed by atoms with Crippen molar-refractivity contribution >= 4 is 37.8 Å². The topological polar surface area (TPSA) is 35.5 Å². The van der Waals surface area contributed by atoms with Gasteiger partial charge >= 0.3 is 5.97 Å². The van der Waals surface area contributed by atoms with Crippen molar-refractivity contribution in [2.45, 2.75) is 37.9 Å². The van der Waals surface area contributed by atoms with Gasteiger partial charge < -0.3 is 9.47 Å². The summed E-state index contributed by atoms with van der Waals surface area (Å²) in [6.45, 7) is 5.10. The second-order valence-corrected chi connectivity index (χ2v) is 6.55. The molecule has 0 amide bonds. The van der Waals surface area contributed by atoms with Crippen molar-refractivity contribution in [3.8, 4) is 0 Å². The molecule has 0 fully saturated rings. The second-order valence-electron chi connectivity index (χ2n) is 4.65. The Labute approximate surface area is 126 Å². The average molecular weight is 384 g/mol. The van der Waals surface area contributed by atoms with E-state index in [-0.39, 0.29) is 16.2 Å². The smallest absolute Gasteiger partial charge is 0.319 e. The van der Waals surface area contributed by atoms with E-state index in [4.69, 9.17) is 9.47 Å². The standard InChI is InChI=1S/C13H20Br2O3/c1-3-17-11-5-4-7-13(11,2)9-18-12(16)10(15)6-8-14/h5,10H,3-4,6-9H2,1-2H3. The number of allylic oxidation sites excluding steroid dienone is 1.